The third kappa shape index (κ3) is 5.96. The van der Waals surface area contributed by atoms with Gasteiger partial charge in [0, 0.05) is 6.42 Å². The average Bonchev–Trinajstić information content (AvgIpc) is 3.16. The van der Waals surface area contributed by atoms with Crippen LogP contribution in [0.4, 0.5) is 10.5 Å². The molecule has 2 heterocycles. The number of cyclic esters (lactones) is 1. The predicted octanol–water partition coefficient (Wildman–Crippen LogP) is 4.60. The van der Waals surface area contributed by atoms with Gasteiger partial charge in [-0.2, -0.15) is 4.57 Å². The van der Waals surface area contributed by atoms with Gasteiger partial charge in [0.1, 0.15) is 17.6 Å². The molecule has 0 aliphatic carbocycles. The minimum Gasteiger partial charge on any atom is -0.493 e. The second-order valence-corrected chi connectivity index (χ2v) is 11.3. The molecule has 5 rings (SSSR count). The van der Waals surface area contributed by atoms with Crippen LogP contribution >= 0.6 is 11.6 Å². The van der Waals surface area contributed by atoms with Gasteiger partial charge in [0.2, 0.25) is 5.91 Å². The van der Waals surface area contributed by atoms with E-state index in [1.165, 1.54) is 23.1 Å². The molecule has 1 aliphatic heterocycles. The first-order chi connectivity index (χ1) is 20.5. The molecule has 4 aromatic rings. The zero-order chi connectivity index (χ0) is 30.9. The molecule has 1 fully saturated rings. The number of imide groups is 1. The van der Waals surface area contributed by atoms with Crippen molar-refractivity contribution in [1.29, 1.82) is 0 Å². The van der Waals surface area contributed by atoms with Crippen LogP contribution < -0.4 is 25.3 Å². The Morgan fingerprint density at radius 3 is 2.44 bits per heavy atom. The molecule has 3 aromatic carbocycles. The fourth-order valence-corrected chi connectivity index (χ4v) is 5.24. The smallest absolute Gasteiger partial charge is 0.455 e. The van der Waals surface area contributed by atoms with E-state index in [1.807, 2.05) is 32.0 Å². The Bertz CT molecular complexity index is 1820. The van der Waals surface area contributed by atoms with Crippen LogP contribution in [0.1, 0.15) is 37.2 Å². The highest BCUT2D eigenvalue weighted by molar-refractivity contribution is 6.33. The van der Waals surface area contributed by atoms with Crippen molar-refractivity contribution in [2.24, 2.45) is 0 Å². The van der Waals surface area contributed by atoms with Gasteiger partial charge < -0.3 is 14.8 Å². The third-order valence-electron chi connectivity index (χ3n) is 7.17. The fraction of sp³-hybridized carbons (Fsp3) is 0.281. The van der Waals surface area contributed by atoms with E-state index >= 15 is 0 Å². The van der Waals surface area contributed by atoms with Crippen LogP contribution in [0.25, 0.3) is 10.9 Å². The number of fused-ring (bicyclic) bond motifs is 1. The summed E-state index contributed by atoms with van der Waals surface area (Å²) in [4.78, 5) is 53.9. The number of nitrogens with one attached hydrogen (secondary N) is 1. The van der Waals surface area contributed by atoms with Gasteiger partial charge in [-0.05, 0) is 63.6 Å². The molecule has 3 amide bonds. The van der Waals surface area contributed by atoms with Crippen molar-refractivity contribution >= 4 is 46.1 Å². The molecule has 1 saturated heterocycles. The number of rotatable bonds is 9. The summed E-state index contributed by atoms with van der Waals surface area (Å²) in [6.45, 7) is 7.36. The van der Waals surface area contributed by atoms with E-state index < -0.39 is 23.5 Å². The molecule has 10 nitrogen and oxygen atoms in total. The standard InChI is InChI=1S/C32H31ClN4O6/c1-20-14-15-26(21(2)18-20)42-17-9-16-35-28(19-27(38)34-24-12-7-6-11-23(24)33)36(25-13-8-5-10-22(25)29(35)39)37-30(40)32(3,4)43-31(37)41/h5-8,10-15,18H,9,16-17,19H2,1-4H3/p+1. The molecule has 1 aromatic heterocycles. The number of benzene rings is 3. The molecule has 0 unspecified atom stereocenters. The largest absolute Gasteiger partial charge is 0.493 e. The molecule has 222 valence electrons. The Hall–Kier alpha value is -4.70. The lowest BCUT2D eigenvalue weighted by molar-refractivity contribution is -0.658. The Morgan fingerprint density at radius 1 is 1.02 bits per heavy atom. The van der Waals surface area contributed by atoms with Crippen molar-refractivity contribution in [1.82, 2.24) is 4.57 Å². The van der Waals surface area contributed by atoms with Crippen LogP contribution in [0.2, 0.25) is 5.02 Å². The van der Waals surface area contributed by atoms with Gasteiger partial charge in [-0.1, -0.05) is 58.6 Å². The predicted molar refractivity (Wildman–Crippen MR) is 162 cm³/mol. The van der Waals surface area contributed by atoms with E-state index in [0.717, 1.165) is 21.9 Å². The topological polar surface area (TPSA) is 111 Å². The lowest BCUT2D eigenvalue weighted by Gasteiger charge is -2.18. The summed E-state index contributed by atoms with van der Waals surface area (Å²) in [6.07, 6.45) is -0.878. The molecule has 0 radical (unpaired) electrons. The molecule has 0 atom stereocenters. The number of ether oxygens (including phenoxy) is 2. The number of hydrogen-bond donors (Lipinski definition) is 1. The number of amides is 3. The van der Waals surface area contributed by atoms with Crippen molar-refractivity contribution in [3.05, 3.63) is 99.1 Å². The van der Waals surface area contributed by atoms with Gasteiger partial charge in [0.25, 0.3) is 5.82 Å². The SMILES string of the molecule is Cc1ccc(OCCCn2c(CC(=O)Nc3ccccc3Cl)[n+](N3C(=O)OC(C)(C)C3=O)c3ccccc3c2=O)c(C)c1. The number of hydrogen-bond acceptors (Lipinski definition) is 6. The van der Waals surface area contributed by atoms with Crippen molar-refractivity contribution in [3.63, 3.8) is 0 Å². The number of halogens is 1. The molecule has 11 heteroatoms. The van der Waals surface area contributed by atoms with Crippen LogP contribution in [0.5, 0.6) is 5.75 Å². The molecule has 0 spiro atoms. The zero-order valence-electron chi connectivity index (χ0n) is 24.3. The Balaban J connectivity index is 1.58. The first-order valence-electron chi connectivity index (χ1n) is 13.9. The van der Waals surface area contributed by atoms with Crippen LogP contribution in [0.15, 0.2) is 71.5 Å². The zero-order valence-corrected chi connectivity index (χ0v) is 25.1. The third-order valence-corrected chi connectivity index (χ3v) is 7.50. The normalized spacial score (nSPS) is 14.2. The van der Waals surface area contributed by atoms with Gasteiger partial charge in [-0.25, -0.2) is 9.59 Å². The average molecular weight is 604 g/mol. The first kappa shape index (κ1) is 29.8. The Morgan fingerprint density at radius 2 is 1.74 bits per heavy atom. The Labute approximate surface area is 253 Å². The van der Waals surface area contributed by atoms with Crippen LogP contribution in [0, 0.1) is 13.8 Å². The number of nitrogens with zero attached hydrogens (tertiary/aromatic N) is 3. The quantitative estimate of drug-likeness (QED) is 0.221. The molecule has 0 bridgehead atoms. The summed E-state index contributed by atoms with van der Waals surface area (Å²) < 4.78 is 14.1. The minimum absolute atomic E-state index is 0.114. The maximum absolute atomic E-state index is 13.9. The second-order valence-electron chi connectivity index (χ2n) is 10.9. The van der Waals surface area contributed by atoms with E-state index in [2.05, 4.69) is 5.32 Å². The summed E-state index contributed by atoms with van der Waals surface area (Å²) in [5, 5.41) is 4.21. The molecule has 1 N–H and O–H groups in total. The number of para-hydroxylation sites is 2. The van der Waals surface area contributed by atoms with Crippen LogP contribution in [0.3, 0.4) is 0 Å². The minimum atomic E-state index is -1.44. The highest BCUT2D eigenvalue weighted by atomic mass is 35.5. The van der Waals surface area contributed by atoms with Crippen molar-refractivity contribution < 1.29 is 28.5 Å². The molecular weight excluding hydrogens is 572 g/mol. The monoisotopic (exact) mass is 603 g/mol. The summed E-state index contributed by atoms with van der Waals surface area (Å²) in [5.74, 6) is -0.291. The van der Waals surface area contributed by atoms with Crippen LogP contribution in [-0.2, 0) is 27.3 Å². The van der Waals surface area contributed by atoms with Gasteiger partial charge in [0.15, 0.2) is 11.1 Å². The first-order valence-corrected chi connectivity index (χ1v) is 14.2. The lowest BCUT2D eigenvalue weighted by atomic mass is 10.1. The summed E-state index contributed by atoms with van der Waals surface area (Å²) in [7, 11) is 0. The number of anilines is 1. The van der Waals surface area contributed by atoms with E-state index in [1.54, 1.807) is 48.5 Å². The molecular formula is C32H32ClN4O6+. The molecule has 0 saturated carbocycles. The fourth-order valence-electron chi connectivity index (χ4n) is 5.06. The summed E-state index contributed by atoms with van der Waals surface area (Å²) in [5.41, 5.74) is 0.955. The van der Waals surface area contributed by atoms with Gasteiger partial charge in [-0.3, -0.25) is 9.59 Å². The van der Waals surface area contributed by atoms with E-state index in [0.29, 0.717) is 17.1 Å². The van der Waals surface area contributed by atoms with Crippen molar-refractivity contribution in [2.75, 3.05) is 16.9 Å². The molecule has 43 heavy (non-hydrogen) atoms. The maximum Gasteiger partial charge on any atom is 0.455 e. The summed E-state index contributed by atoms with van der Waals surface area (Å²) in [6, 6.07) is 19.2. The number of carbonyl (C=O) groups excluding carboxylic acids is 3. The van der Waals surface area contributed by atoms with E-state index in [4.69, 9.17) is 21.1 Å². The van der Waals surface area contributed by atoms with E-state index in [9.17, 15) is 19.2 Å². The number of carbonyl (C=O) groups is 3. The summed E-state index contributed by atoms with van der Waals surface area (Å²) >= 11 is 6.26. The second kappa shape index (κ2) is 11.9. The van der Waals surface area contributed by atoms with Crippen molar-refractivity contribution in [2.45, 2.75) is 52.7 Å². The lowest BCUT2D eigenvalue weighted by Crippen LogP contribution is -2.66. The number of aromatic nitrogens is 2. The molecule has 1 aliphatic rings. The van der Waals surface area contributed by atoms with Gasteiger partial charge >= 0.3 is 17.6 Å². The Kier molecular flexibility index (Phi) is 8.23. The van der Waals surface area contributed by atoms with Crippen molar-refractivity contribution in [3.8, 4) is 5.75 Å². The van der Waals surface area contributed by atoms with Gasteiger partial charge in [0.05, 0.1) is 23.9 Å². The van der Waals surface area contributed by atoms with Crippen LogP contribution in [-0.4, -0.2) is 34.7 Å². The number of aryl methyl sites for hydroxylation is 2. The van der Waals surface area contributed by atoms with E-state index in [-0.39, 0.29) is 41.9 Å². The maximum atomic E-state index is 13.9. The van der Waals surface area contributed by atoms with Gasteiger partial charge in [-0.15, -0.1) is 4.68 Å². The highest BCUT2D eigenvalue weighted by Crippen LogP contribution is 2.23. The highest BCUT2D eigenvalue weighted by Gasteiger charge is 2.52.